The van der Waals surface area contributed by atoms with E-state index in [0.29, 0.717) is 63.3 Å². The minimum atomic E-state index is -1.41. The van der Waals surface area contributed by atoms with Gasteiger partial charge in [-0.3, -0.25) is 0 Å². The largest absolute Gasteiger partial charge is 0.478 e. The van der Waals surface area contributed by atoms with Crippen molar-refractivity contribution in [2.45, 2.75) is 75.0 Å². The van der Waals surface area contributed by atoms with E-state index in [1.807, 2.05) is 0 Å². The van der Waals surface area contributed by atoms with Gasteiger partial charge in [-0.05, 0) is 120 Å². The van der Waals surface area contributed by atoms with Crippen LogP contribution in [0, 0.1) is 23.7 Å². The quantitative estimate of drug-likeness (QED) is 0.108. The molecule has 0 fully saturated rings. The van der Waals surface area contributed by atoms with Gasteiger partial charge in [0.05, 0.1) is 67.4 Å². The molecule has 362 valence electrons. The molecule has 20 heteroatoms. The van der Waals surface area contributed by atoms with E-state index in [4.69, 9.17) is 9.97 Å². The maximum atomic E-state index is 13.1. The molecule has 3 aromatic heterocycles. The zero-order valence-corrected chi connectivity index (χ0v) is 38.8. The Kier molecular flexibility index (Phi) is 9.11. The van der Waals surface area contributed by atoms with Crippen molar-refractivity contribution in [3.05, 3.63) is 114 Å². The smallest absolute Gasteiger partial charge is 0.332 e. The first kappa shape index (κ1) is 44.1. The molecule has 5 heterocycles. The van der Waals surface area contributed by atoms with E-state index >= 15 is 0 Å². The van der Waals surface area contributed by atoms with Crippen molar-refractivity contribution in [2.24, 2.45) is 23.7 Å². The predicted octanol–water partition coefficient (Wildman–Crippen LogP) is 7.50. The van der Waals surface area contributed by atoms with Crippen molar-refractivity contribution < 1.29 is 79.2 Å². The van der Waals surface area contributed by atoms with Crippen molar-refractivity contribution in [1.29, 1.82) is 0 Å². The van der Waals surface area contributed by atoms with Crippen LogP contribution in [0.5, 0.6) is 0 Å². The molecule has 12 aliphatic carbocycles. The number of hydrogen-bond acceptors (Lipinski definition) is 12. The highest BCUT2D eigenvalue weighted by molar-refractivity contribution is 7.24. The highest BCUT2D eigenvalue weighted by atomic mass is 32.1. The maximum absolute atomic E-state index is 13.1. The molecule has 0 radical (unpaired) electrons. The Labute approximate surface area is 411 Å². The van der Waals surface area contributed by atoms with Crippen molar-refractivity contribution in [3.63, 3.8) is 0 Å². The number of fused-ring (bicyclic) bond motifs is 12. The first-order valence-corrected chi connectivity index (χ1v) is 25.0. The fourth-order valence-corrected chi connectivity index (χ4v) is 17.3. The highest BCUT2D eigenvalue weighted by Crippen LogP contribution is 2.63. The first-order valence-electron chi connectivity index (χ1n) is 23.3. The SMILES string of the molecule is O=C(O)C1=C(C(=O)O)C2CCC1C1=C2c2cc3sc(cc4nc(cc5sc(cc1n2)c1c5C2CCC1C(C(=O)O)=C2C(=O)O)C1=C4C2CCC1C(C(=O)O)=C2C(=O)O)c1c3C2CCC1C(C(=O)O)=C2C(=O)O. The summed E-state index contributed by atoms with van der Waals surface area (Å²) < 4.78 is 1.92. The zero-order valence-electron chi connectivity index (χ0n) is 37.1. The van der Waals surface area contributed by atoms with Gasteiger partial charge >= 0.3 is 47.8 Å². The molecule has 14 aliphatic rings. The van der Waals surface area contributed by atoms with Gasteiger partial charge < -0.3 is 40.9 Å². The highest BCUT2D eigenvalue weighted by Gasteiger charge is 2.53. The number of hydrogen-bond donors (Lipinski definition) is 8. The lowest BCUT2D eigenvalue weighted by atomic mass is 9.62. The minimum absolute atomic E-state index is 0.263. The van der Waals surface area contributed by atoms with E-state index in [-0.39, 0.29) is 119 Å². The Morgan fingerprint density at radius 3 is 0.653 bits per heavy atom. The third-order valence-electron chi connectivity index (χ3n) is 16.9. The Morgan fingerprint density at radius 2 is 0.472 bits per heavy atom. The summed E-state index contributed by atoms with van der Waals surface area (Å²) in [5.41, 5.74) is 2.84. The van der Waals surface area contributed by atoms with Crippen LogP contribution in [0.25, 0.3) is 41.1 Å². The molecular formula is C52H36N2O16S2. The third kappa shape index (κ3) is 5.58. The Hall–Kier alpha value is -7.84. The van der Waals surface area contributed by atoms with Crippen LogP contribution >= 0.6 is 22.7 Å². The van der Waals surface area contributed by atoms with Crippen LogP contribution in [-0.2, 0) is 38.4 Å². The molecule has 16 bridgehead atoms. The van der Waals surface area contributed by atoms with Gasteiger partial charge in [-0.2, -0.15) is 0 Å². The summed E-state index contributed by atoms with van der Waals surface area (Å²) in [4.78, 5) is 115. The number of aromatic nitrogens is 2. The van der Waals surface area contributed by atoms with Gasteiger partial charge in [0, 0.05) is 66.1 Å². The Balaban J connectivity index is 1.20. The number of allylic oxidation sites excluding steroid dienone is 4. The number of rotatable bonds is 8. The average Bonchev–Trinajstić information content (AvgIpc) is 4.11. The molecule has 2 aliphatic heterocycles. The van der Waals surface area contributed by atoms with Gasteiger partial charge in [-0.1, -0.05) is 0 Å². The Morgan fingerprint density at radius 1 is 0.306 bits per heavy atom. The molecule has 8 N–H and O–H groups in total. The standard InChI is InChI=1S/C52H36N2O16S2/c55-45(56)37-13-1-2-14(38(37)46(57)58)30-22-10-26-34-18-7-8-20(44(52(69)70)42(18)50(65)66)36(34)28(72-26)12-24-32-16-4-3-15(39(47(59)60)40(16)48(61)62)31(32)23(54-24)11-27-35-19-6-5-17(41(49(63)64)43(19)51(67)68)33(35)25(71-27)9-21(53-22)29(13)30/h9-20H,1-8H2,(H,55,56)(H,57,58)(H,59,60)(H,61,62)(H,63,64)(H,65,66)(H,67,68)(H,69,70). The number of aliphatic carboxylic acids is 8. The predicted molar refractivity (Wildman–Crippen MR) is 253 cm³/mol. The number of nitrogens with zero attached hydrogens (tertiary/aromatic N) is 2. The van der Waals surface area contributed by atoms with Crippen molar-refractivity contribution in [1.82, 2.24) is 9.97 Å². The van der Waals surface area contributed by atoms with E-state index in [2.05, 4.69) is 0 Å². The number of carboxylic acids is 8. The number of carbonyl (C=O) groups is 8. The second-order valence-corrected chi connectivity index (χ2v) is 22.0. The van der Waals surface area contributed by atoms with Crippen LogP contribution in [0.2, 0.25) is 0 Å². The number of carboxylic acid groups (broad SMARTS) is 8. The molecule has 18 nitrogen and oxygen atoms in total. The normalized spacial score (nSPS) is 27.0. The van der Waals surface area contributed by atoms with E-state index in [9.17, 15) is 79.2 Å². The maximum Gasteiger partial charge on any atom is 0.332 e. The van der Waals surface area contributed by atoms with Crippen LogP contribution in [-0.4, -0.2) is 98.6 Å². The molecule has 0 amide bonds. The van der Waals surface area contributed by atoms with Crippen LogP contribution in [0.15, 0.2) is 68.9 Å². The molecule has 0 saturated carbocycles. The molecule has 0 spiro atoms. The van der Waals surface area contributed by atoms with Crippen LogP contribution in [0.3, 0.4) is 0 Å². The van der Waals surface area contributed by atoms with Gasteiger partial charge in [0.15, 0.2) is 0 Å². The molecule has 72 heavy (non-hydrogen) atoms. The van der Waals surface area contributed by atoms with Gasteiger partial charge in [-0.15, -0.1) is 22.7 Å². The summed E-state index contributed by atoms with van der Waals surface area (Å²) in [6, 6.07) is 6.85. The minimum Gasteiger partial charge on any atom is -0.478 e. The molecule has 17 rings (SSSR count). The molecule has 3 aromatic rings. The molecular weight excluding hydrogens is 973 g/mol. The lowest BCUT2D eigenvalue weighted by Gasteiger charge is -2.39. The van der Waals surface area contributed by atoms with Gasteiger partial charge in [0.2, 0.25) is 0 Å². The number of thiophene rings is 2. The first-order chi connectivity index (χ1) is 34.4. The van der Waals surface area contributed by atoms with Crippen molar-refractivity contribution >= 4 is 112 Å². The molecule has 0 aromatic carbocycles. The van der Waals surface area contributed by atoms with Gasteiger partial charge in [0.25, 0.3) is 0 Å². The summed E-state index contributed by atoms with van der Waals surface area (Å²) in [6.45, 7) is 0. The molecule has 8 atom stereocenters. The summed E-state index contributed by atoms with van der Waals surface area (Å²) in [5, 5.41) is 85.2. The third-order valence-corrected chi connectivity index (χ3v) is 19.1. The average molecular weight is 1010 g/mol. The lowest BCUT2D eigenvalue weighted by molar-refractivity contribution is -0.137. The second-order valence-electron chi connectivity index (χ2n) is 19.8. The second kappa shape index (κ2) is 14.9. The van der Waals surface area contributed by atoms with Crippen LogP contribution < -0.4 is 0 Å². The van der Waals surface area contributed by atoms with Crippen LogP contribution in [0.4, 0.5) is 0 Å². The topological polar surface area (TPSA) is 324 Å². The Bertz CT molecular complexity index is 3280. The van der Waals surface area contributed by atoms with Gasteiger partial charge in [0.1, 0.15) is 0 Å². The summed E-state index contributed by atoms with van der Waals surface area (Å²) in [5.74, 6) is -18.7. The van der Waals surface area contributed by atoms with E-state index in [0.717, 1.165) is 0 Å². The van der Waals surface area contributed by atoms with Crippen LogP contribution in [0.1, 0.15) is 120 Å². The fraction of sp³-hybridized carbons (Fsp3) is 0.308. The summed E-state index contributed by atoms with van der Waals surface area (Å²) in [6.07, 6.45) is 2.16. The van der Waals surface area contributed by atoms with Crippen molar-refractivity contribution in [2.75, 3.05) is 0 Å². The zero-order chi connectivity index (χ0) is 50.4. The lowest BCUT2D eigenvalue weighted by Crippen LogP contribution is -2.34. The monoisotopic (exact) mass is 1010 g/mol. The van der Waals surface area contributed by atoms with Gasteiger partial charge in [-0.25, -0.2) is 48.3 Å². The summed E-state index contributed by atoms with van der Waals surface area (Å²) in [7, 11) is 0. The van der Waals surface area contributed by atoms with E-state index < -0.39 is 95.1 Å². The van der Waals surface area contributed by atoms with E-state index in [1.165, 1.54) is 22.7 Å². The fourth-order valence-electron chi connectivity index (χ4n) is 14.7. The molecule has 0 saturated heterocycles. The summed E-state index contributed by atoms with van der Waals surface area (Å²) >= 11 is 2.39. The molecule has 8 unspecified atom stereocenters. The van der Waals surface area contributed by atoms with E-state index in [1.54, 1.807) is 24.3 Å². The van der Waals surface area contributed by atoms with Crippen molar-refractivity contribution in [3.8, 4) is 0 Å².